The molecule has 1 heterocycles. The minimum absolute atomic E-state index is 0.127. The van der Waals surface area contributed by atoms with Crippen LogP contribution in [0.15, 0.2) is 0 Å². The van der Waals surface area contributed by atoms with Crippen LogP contribution in [0.5, 0.6) is 0 Å². The smallest absolute Gasteiger partial charge is 0.312 e. The highest BCUT2D eigenvalue weighted by atomic mass is 16.4. The first-order chi connectivity index (χ1) is 8.40. The Morgan fingerprint density at radius 1 is 1.50 bits per heavy atom. The van der Waals surface area contributed by atoms with E-state index in [4.69, 9.17) is 10.8 Å². The van der Waals surface area contributed by atoms with Gasteiger partial charge in [-0.05, 0) is 25.7 Å². The Morgan fingerprint density at radius 2 is 2.17 bits per heavy atom. The topological polar surface area (TPSA) is 113 Å². The number of amides is 3. The van der Waals surface area contributed by atoms with Crippen molar-refractivity contribution < 1.29 is 19.5 Å². The first-order valence-corrected chi connectivity index (χ1v) is 5.96. The van der Waals surface area contributed by atoms with Crippen molar-refractivity contribution in [2.75, 3.05) is 13.1 Å². The number of carboxylic acids is 1. The first kappa shape index (κ1) is 14.3. The summed E-state index contributed by atoms with van der Waals surface area (Å²) in [5.41, 5.74) is 4.95. The number of carbonyl (C=O) groups is 3. The van der Waals surface area contributed by atoms with Gasteiger partial charge in [0.15, 0.2) is 0 Å². The second-order valence-electron chi connectivity index (χ2n) is 4.60. The van der Waals surface area contributed by atoms with Crippen LogP contribution in [0.1, 0.15) is 26.2 Å². The average molecular weight is 257 g/mol. The highest BCUT2D eigenvalue weighted by molar-refractivity contribution is 5.86. The van der Waals surface area contributed by atoms with Gasteiger partial charge in [-0.1, -0.05) is 0 Å². The minimum Gasteiger partial charge on any atom is -0.481 e. The zero-order chi connectivity index (χ0) is 13.7. The summed E-state index contributed by atoms with van der Waals surface area (Å²) >= 11 is 0. The van der Waals surface area contributed by atoms with Gasteiger partial charge in [-0.25, -0.2) is 4.79 Å². The molecule has 0 radical (unpaired) electrons. The number of nitrogens with zero attached hydrogens (tertiary/aromatic N) is 1. The summed E-state index contributed by atoms with van der Waals surface area (Å²) in [5.74, 6) is -0.763. The normalized spacial score (nSPS) is 20.5. The van der Waals surface area contributed by atoms with E-state index < -0.39 is 18.0 Å². The molecule has 0 aromatic heterocycles. The molecule has 1 aliphatic heterocycles. The summed E-state index contributed by atoms with van der Waals surface area (Å²) in [6, 6.07) is -1.36. The molecule has 7 nitrogen and oxygen atoms in total. The standard InChI is InChI=1S/C11H19N3O4/c1-7(13-11(12)18)10(17)14-5-4-8(6-14)2-3-9(15)16/h7-8H,2-6H2,1H3,(H,15,16)(H3,12,13,18). The van der Waals surface area contributed by atoms with Crippen molar-refractivity contribution in [1.82, 2.24) is 10.2 Å². The molecule has 7 heteroatoms. The van der Waals surface area contributed by atoms with E-state index in [1.807, 2.05) is 0 Å². The largest absolute Gasteiger partial charge is 0.481 e. The SMILES string of the molecule is CC(NC(N)=O)C(=O)N1CCC(CCC(=O)O)C1. The lowest BCUT2D eigenvalue weighted by atomic mass is 10.0. The van der Waals surface area contributed by atoms with Crippen LogP contribution in [0, 0.1) is 5.92 Å². The average Bonchev–Trinajstić information content (AvgIpc) is 2.72. The molecule has 2 unspecified atom stereocenters. The van der Waals surface area contributed by atoms with E-state index in [1.54, 1.807) is 11.8 Å². The van der Waals surface area contributed by atoms with Crippen LogP contribution in [0.25, 0.3) is 0 Å². The molecule has 102 valence electrons. The van der Waals surface area contributed by atoms with Gasteiger partial charge >= 0.3 is 12.0 Å². The van der Waals surface area contributed by atoms with Crippen LogP contribution < -0.4 is 11.1 Å². The third-order valence-electron chi connectivity index (χ3n) is 3.09. The highest BCUT2D eigenvalue weighted by Crippen LogP contribution is 2.21. The summed E-state index contributed by atoms with van der Waals surface area (Å²) in [4.78, 5) is 34.7. The second-order valence-corrected chi connectivity index (χ2v) is 4.60. The lowest BCUT2D eigenvalue weighted by molar-refractivity contribution is -0.137. The second kappa shape index (κ2) is 6.23. The van der Waals surface area contributed by atoms with Crippen molar-refractivity contribution in [3.8, 4) is 0 Å². The van der Waals surface area contributed by atoms with Crippen molar-refractivity contribution in [1.29, 1.82) is 0 Å². The van der Waals surface area contributed by atoms with E-state index in [0.29, 0.717) is 19.5 Å². The van der Waals surface area contributed by atoms with Crippen LogP contribution in [0.4, 0.5) is 4.79 Å². The number of hydrogen-bond donors (Lipinski definition) is 3. The molecule has 1 rings (SSSR count). The van der Waals surface area contributed by atoms with E-state index in [-0.39, 0.29) is 18.2 Å². The number of carbonyl (C=O) groups excluding carboxylic acids is 2. The fourth-order valence-electron chi connectivity index (χ4n) is 2.15. The number of hydrogen-bond acceptors (Lipinski definition) is 3. The Bertz CT molecular complexity index is 345. The molecule has 3 amide bonds. The van der Waals surface area contributed by atoms with E-state index in [0.717, 1.165) is 6.42 Å². The van der Waals surface area contributed by atoms with Crippen molar-refractivity contribution >= 4 is 17.9 Å². The number of primary amides is 1. The maximum absolute atomic E-state index is 11.9. The summed E-state index contributed by atoms with van der Waals surface area (Å²) in [6.07, 6.45) is 1.51. The summed E-state index contributed by atoms with van der Waals surface area (Å²) < 4.78 is 0. The monoisotopic (exact) mass is 257 g/mol. The highest BCUT2D eigenvalue weighted by Gasteiger charge is 2.29. The molecule has 1 fully saturated rings. The van der Waals surface area contributed by atoms with Gasteiger partial charge in [0, 0.05) is 19.5 Å². The molecular weight excluding hydrogens is 238 g/mol. The number of urea groups is 1. The predicted octanol–water partition coefficient (Wildman–Crippen LogP) is -0.243. The Balaban J connectivity index is 2.38. The maximum atomic E-state index is 11.9. The van der Waals surface area contributed by atoms with Crippen LogP contribution in [-0.4, -0.2) is 47.0 Å². The molecule has 2 atom stereocenters. The third-order valence-corrected chi connectivity index (χ3v) is 3.09. The van der Waals surface area contributed by atoms with Gasteiger partial charge in [-0.3, -0.25) is 9.59 Å². The first-order valence-electron chi connectivity index (χ1n) is 5.96. The van der Waals surface area contributed by atoms with Crippen LogP contribution in [0.2, 0.25) is 0 Å². The number of nitrogens with one attached hydrogen (secondary N) is 1. The van der Waals surface area contributed by atoms with Crippen molar-refractivity contribution in [2.45, 2.75) is 32.2 Å². The fraction of sp³-hybridized carbons (Fsp3) is 0.727. The van der Waals surface area contributed by atoms with E-state index in [9.17, 15) is 14.4 Å². The maximum Gasteiger partial charge on any atom is 0.312 e. The third kappa shape index (κ3) is 4.23. The number of rotatable bonds is 5. The Labute approximate surface area is 105 Å². The van der Waals surface area contributed by atoms with E-state index in [1.165, 1.54) is 0 Å². The predicted molar refractivity (Wildman–Crippen MR) is 63.7 cm³/mol. The van der Waals surface area contributed by atoms with Crippen molar-refractivity contribution in [3.63, 3.8) is 0 Å². The summed E-state index contributed by atoms with van der Waals surface area (Å²) in [6.45, 7) is 2.74. The minimum atomic E-state index is -0.816. The fourth-order valence-corrected chi connectivity index (χ4v) is 2.15. The van der Waals surface area contributed by atoms with Crippen molar-refractivity contribution in [2.24, 2.45) is 11.7 Å². The zero-order valence-electron chi connectivity index (χ0n) is 10.4. The molecule has 0 bridgehead atoms. The number of nitrogens with two attached hydrogens (primary N) is 1. The lowest BCUT2D eigenvalue weighted by Gasteiger charge is -2.21. The zero-order valence-corrected chi connectivity index (χ0v) is 10.4. The molecule has 0 spiro atoms. The Morgan fingerprint density at radius 3 is 2.72 bits per heavy atom. The Hall–Kier alpha value is -1.79. The van der Waals surface area contributed by atoms with E-state index in [2.05, 4.69) is 5.32 Å². The molecule has 0 aromatic carbocycles. The number of carboxylic acid groups (broad SMARTS) is 1. The van der Waals surface area contributed by atoms with Gasteiger partial charge in [0.05, 0.1) is 0 Å². The molecule has 18 heavy (non-hydrogen) atoms. The van der Waals surface area contributed by atoms with Gasteiger partial charge in [-0.2, -0.15) is 0 Å². The lowest BCUT2D eigenvalue weighted by Crippen LogP contribution is -2.47. The molecule has 0 saturated carbocycles. The molecule has 1 aliphatic rings. The van der Waals surface area contributed by atoms with Gasteiger partial charge in [0.1, 0.15) is 6.04 Å². The van der Waals surface area contributed by atoms with E-state index >= 15 is 0 Å². The summed E-state index contributed by atoms with van der Waals surface area (Å²) in [5, 5.41) is 10.9. The van der Waals surface area contributed by atoms with Crippen LogP contribution in [-0.2, 0) is 9.59 Å². The van der Waals surface area contributed by atoms with Gasteiger partial charge in [0.25, 0.3) is 0 Å². The molecule has 0 aromatic rings. The number of likely N-dealkylation sites (tertiary alicyclic amines) is 1. The molecule has 0 aliphatic carbocycles. The van der Waals surface area contributed by atoms with Gasteiger partial charge in [-0.15, -0.1) is 0 Å². The molecule has 1 saturated heterocycles. The summed E-state index contributed by atoms with van der Waals surface area (Å²) in [7, 11) is 0. The molecule has 4 N–H and O–H groups in total. The van der Waals surface area contributed by atoms with Gasteiger partial charge in [0.2, 0.25) is 5.91 Å². The number of aliphatic carboxylic acids is 1. The Kier molecular flexibility index (Phi) is 4.94. The molecular formula is C11H19N3O4. The van der Waals surface area contributed by atoms with Crippen LogP contribution in [0.3, 0.4) is 0 Å². The quantitative estimate of drug-likeness (QED) is 0.630. The van der Waals surface area contributed by atoms with Crippen molar-refractivity contribution in [3.05, 3.63) is 0 Å². The van der Waals surface area contributed by atoms with Crippen LogP contribution >= 0.6 is 0 Å². The van der Waals surface area contributed by atoms with Gasteiger partial charge < -0.3 is 21.1 Å².